The summed E-state index contributed by atoms with van der Waals surface area (Å²) in [6.45, 7) is 1.60. The lowest BCUT2D eigenvalue weighted by Gasteiger charge is -2.04. The molecular weight excluding hydrogens is 272 g/mol. The number of para-hydroxylation sites is 1. The minimum Gasteiger partial charge on any atom is -0.347 e. The van der Waals surface area contributed by atoms with Crippen LogP contribution in [0.3, 0.4) is 0 Å². The van der Waals surface area contributed by atoms with E-state index in [1.165, 1.54) is 6.07 Å². The van der Waals surface area contributed by atoms with E-state index in [1.54, 1.807) is 55.1 Å². The Kier molecular flexibility index (Phi) is 4.13. The minimum absolute atomic E-state index is 0.0492. The van der Waals surface area contributed by atoms with Crippen molar-refractivity contribution in [3.05, 3.63) is 64.0 Å². The van der Waals surface area contributed by atoms with Crippen LogP contribution in [0.5, 0.6) is 0 Å². The quantitative estimate of drug-likeness (QED) is 0.530. The molecule has 7 heteroatoms. The fourth-order valence-electron chi connectivity index (χ4n) is 1.89. The van der Waals surface area contributed by atoms with Gasteiger partial charge in [0.1, 0.15) is 5.69 Å². The maximum Gasteiger partial charge on any atom is 0.287 e. The number of carbonyl (C=O) groups is 1. The van der Waals surface area contributed by atoms with Gasteiger partial charge in [0.15, 0.2) is 0 Å². The minimum atomic E-state index is -0.479. The summed E-state index contributed by atoms with van der Waals surface area (Å²) in [5, 5.41) is 14.9. The summed E-state index contributed by atoms with van der Waals surface area (Å²) in [5.74, 6) is -0.375. The van der Waals surface area contributed by atoms with E-state index in [-0.39, 0.29) is 11.6 Å². The van der Waals surface area contributed by atoms with Crippen molar-refractivity contribution in [2.24, 2.45) is 12.1 Å². The monoisotopic (exact) mass is 286 g/mol. The summed E-state index contributed by atoms with van der Waals surface area (Å²) in [6, 6.07) is 9.65. The SMILES string of the molecule is CC(=NNC(=O)c1cccn1C)c1ccccc1[N+](=O)[O-]. The average molecular weight is 286 g/mol. The van der Waals surface area contributed by atoms with Gasteiger partial charge in [-0.3, -0.25) is 14.9 Å². The molecule has 1 aromatic carbocycles. The Balaban J connectivity index is 2.21. The molecule has 2 aromatic rings. The molecule has 2 rings (SSSR count). The van der Waals surface area contributed by atoms with Crippen molar-refractivity contribution in [2.75, 3.05) is 0 Å². The summed E-state index contributed by atoms with van der Waals surface area (Å²) < 4.78 is 1.66. The Morgan fingerprint density at radius 3 is 2.62 bits per heavy atom. The summed E-state index contributed by atoms with van der Waals surface area (Å²) in [7, 11) is 1.74. The van der Waals surface area contributed by atoms with Crippen LogP contribution in [0.25, 0.3) is 0 Å². The molecule has 1 N–H and O–H groups in total. The van der Waals surface area contributed by atoms with Crippen LogP contribution in [0.2, 0.25) is 0 Å². The molecule has 21 heavy (non-hydrogen) atoms. The molecule has 1 heterocycles. The first-order valence-corrected chi connectivity index (χ1v) is 6.20. The second-order valence-corrected chi connectivity index (χ2v) is 4.42. The summed E-state index contributed by atoms with van der Waals surface area (Å²) in [5.41, 5.74) is 3.54. The standard InChI is InChI=1S/C14H14N4O3/c1-10(11-6-3-4-7-12(11)18(20)21)15-16-14(19)13-8-5-9-17(13)2/h3-9H,1-2H3,(H,16,19). The van der Waals surface area contributed by atoms with Crippen LogP contribution >= 0.6 is 0 Å². The highest BCUT2D eigenvalue weighted by atomic mass is 16.6. The van der Waals surface area contributed by atoms with Crippen molar-refractivity contribution in [2.45, 2.75) is 6.92 Å². The fraction of sp³-hybridized carbons (Fsp3) is 0.143. The maximum absolute atomic E-state index is 11.9. The molecule has 0 aliphatic carbocycles. The topological polar surface area (TPSA) is 89.5 Å². The van der Waals surface area contributed by atoms with Gasteiger partial charge in [-0.05, 0) is 25.1 Å². The van der Waals surface area contributed by atoms with Crippen molar-refractivity contribution >= 4 is 17.3 Å². The molecule has 7 nitrogen and oxygen atoms in total. The van der Waals surface area contributed by atoms with Crippen LogP contribution < -0.4 is 5.43 Å². The van der Waals surface area contributed by atoms with Gasteiger partial charge in [-0.25, -0.2) is 5.43 Å². The van der Waals surface area contributed by atoms with Crippen LogP contribution in [-0.2, 0) is 7.05 Å². The highest BCUT2D eigenvalue weighted by molar-refractivity contribution is 6.03. The van der Waals surface area contributed by atoms with Crippen LogP contribution in [-0.4, -0.2) is 21.1 Å². The van der Waals surface area contributed by atoms with Gasteiger partial charge in [0.25, 0.3) is 11.6 Å². The van der Waals surface area contributed by atoms with E-state index < -0.39 is 4.92 Å². The third-order valence-corrected chi connectivity index (χ3v) is 2.99. The first kappa shape index (κ1) is 14.4. The lowest BCUT2D eigenvalue weighted by molar-refractivity contribution is -0.385. The first-order valence-electron chi connectivity index (χ1n) is 6.20. The molecule has 0 spiro atoms. The van der Waals surface area contributed by atoms with Crippen LogP contribution in [0.1, 0.15) is 23.0 Å². The van der Waals surface area contributed by atoms with E-state index in [1.807, 2.05) is 0 Å². The van der Waals surface area contributed by atoms with E-state index in [2.05, 4.69) is 10.5 Å². The number of hydrazone groups is 1. The molecular formula is C14H14N4O3. The third-order valence-electron chi connectivity index (χ3n) is 2.99. The van der Waals surface area contributed by atoms with Crippen molar-refractivity contribution in [3.8, 4) is 0 Å². The van der Waals surface area contributed by atoms with Crippen LogP contribution in [0.15, 0.2) is 47.7 Å². The summed E-state index contributed by atoms with van der Waals surface area (Å²) in [6.07, 6.45) is 1.74. The number of benzene rings is 1. The highest BCUT2D eigenvalue weighted by Gasteiger charge is 2.15. The normalized spacial score (nSPS) is 11.2. The number of hydrogen-bond acceptors (Lipinski definition) is 4. The van der Waals surface area contributed by atoms with Gasteiger partial charge < -0.3 is 4.57 Å². The maximum atomic E-state index is 11.9. The molecule has 0 fully saturated rings. The Bertz CT molecular complexity index is 719. The van der Waals surface area contributed by atoms with Crippen LogP contribution in [0, 0.1) is 10.1 Å². The average Bonchev–Trinajstić information content (AvgIpc) is 2.90. The van der Waals surface area contributed by atoms with E-state index in [0.29, 0.717) is 17.0 Å². The van der Waals surface area contributed by atoms with Gasteiger partial charge in [0.2, 0.25) is 0 Å². The smallest absolute Gasteiger partial charge is 0.287 e. The number of amides is 1. The highest BCUT2D eigenvalue weighted by Crippen LogP contribution is 2.18. The molecule has 0 aliphatic rings. The number of aryl methyl sites for hydroxylation is 1. The Morgan fingerprint density at radius 1 is 1.29 bits per heavy atom. The fourth-order valence-corrected chi connectivity index (χ4v) is 1.89. The lowest BCUT2D eigenvalue weighted by atomic mass is 10.1. The van der Waals surface area contributed by atoms with Gasteiger partial charge in [0.05, 0.1) is 16.2 Å². The van der Waals surface area contributed by atoms with E-state index in [4.69, 9.17) is 0 Å². The Hall–Kier alpha value is -2.96. The Labute approximate surface area is 121 Å². The summed E-state index contributed by atoms with van der Waals surface area (Å²) >= 11 is 0. The van der Waals surface area contributed by atoms with Crippen LogP contribution in [0.4, 0.5) is 5.69 Å². The van der Waals surface area contributed by atoms with Crippen molar-refractivity contribution in [1.82, 2.24) is 9.99 Å². The molecule has 0 saturated heterocycles. The molecule has 108 valence electrons. The van der Waals surface area contributed by atoms with Crippen molar-refractivity contribution in [3.63, 3.8) is 0 Å². The summed E-state index contributed by atoms with van der Waals surface area (Å²) in [4.78, 5) is 22.4. The molecule has 0 saturated carbocycles. The largest absolute Gasteiger partial charge is 0.347 e. The van der Waals surface area contributed by atoms with E-state index >= 15 is 0 Å². The lowest BCUT2D eigenvalue weighted by Crippen LogP contribution is -2.21. The number of nitro benzene ring substituents is 1. The molecule has 1 aromatic heterocycles. The zero-order chi connectivity index (χ0) is 15.4. The van der Waals surface area contributed by atoms with Gasteiger partial charge >= 0.3 is 0 Å². The van der Waals surface area contributed by atoms with E-state index in [0.717, 1.165) is 0 Å². The molecule has 0 atom stereocenters. The number of nitrogens with one attached hydrogen (secondary N) is 1. The number of aromatic nitrogens is 1. The molecule has 1 amide bonds. The van der Waals surface area contributed by atoms with Gasteiger partial charge in [-0.1, -0.05) is 12.1 Å². The molecule has 0 aliphatic heterocycles. The zero-order valence-corrected chi connectivity index (χ0v) is 11.6. The number of rotatable bonds is 4. The van der Waals surface area contributed by atoms with Gasteiger partial charge in [0, 0.05) is 19.3 Å². The molecule has 0 radical (unpaired) electrons. The number of nitrogens with zero attached hydrogens (tertiary/aromatic N) is 3. The number of carbonyl (C=O) groups excluding carboxylic acids is 1. The van der Waals surface area contributed by atoms with Crippen molar-refractivity contribution < 1.29 is 9.72 Å². The predicted molar refractivity (Wildman–Crippen MR) is 78.2 cm³/mol. The molecule has 0 unspecified atom stereocenters. The predicted octanol–water partition coefficient (Wildman–Crippen LogP) is 2.09. The first-order chi connectivity index (χ1) is 10.0. The van der Waals surface area contributed by atoms with Gasteiger partial charge in [-0.2, -0.15) is 5.10 Å². The molecule has 0 bridgehead atoms. The number of hydrogen-bond donors (Lipinski definition) is 1. The third kappa shape index (κ3) is 3.14. The van der Waals surface area contributed by atoms with Crippen molar-refractivity contribution in [1.29, 1.82) is 0 Å². The second-order valence-electron chi connectivity index (χ2n) is 4.42. The zero-order valence-electron chi connectivity index (χ0n) is 11.6. The second kappa shape index (κ2) is 6.00. The Morgan fingerprint density at radius 2 is 2.00 bits per heavy atom. The number of nitro groups is 1. The van der Waals surface area contributed by atoms with Gasteiger partial charge in [-0.15, -0.1) is 0 Å². The van der Waals surface area contributed by atoms with E-state index in [9.17, 15) is 14.9 Å².